The largest absolute Gasteiger partial charge is 0.418 e. The second-order valence-corrected chi connectivity index (χ2v) is 4.36. The van der Waals surface area contributed by atoms with Crippen LogP contribution in [0, 0.1) is 3.57 Å². The summed E-state index contributed by atoms with van der Waals surface area (Å²) >= 11 is 4.02. The van der Waals surface area contributed by atoms with E-state index in [1.54, 1.807) is 0 Å². The van der Waals surface area contributed by atoms with Crippen LogP contribution < -0.4 is 0 Å². The molecule has 1 heterocycles. The zero-order chi connectivity index (χ0) is 11.8. The lowest BCUT2D eigenvalue weighted by Crippen LogP contribution is -2.10. The highest BCUT2D eigenvalue weighted by Crippen LogP contribution is 2.38. The van der Waals surface area contributed by atoms with E-state index in [2.05, 4.69) is 20.9 Å². The molecule has 15 heavy (non-hydrogen) atoms. The van der Waals surface area contributed by atoms with Crippen LogP contribution in [-0.4, -0.2) is 4.98 Å². The Balaban J connectivity index is 3.34. The molecule has 1 rings (SSSR count). The Morgan fingerprint density at radius 2 is 1.87 bits per heavy atom. The molecule has 0 atom stereocenters. The number of nitrogens with zero attached hydrogens (tertiary/aromatic N) is 1. The Morgan fingerprint density at radius 1 is 1.33 bits per heavy atom. The first-order valence-electron chi connectivity index (χ1n) is 3.44. The molecular formula is C7H2BrF5IN. The van der Waals surface area contributed by atoms with Gasteiger partial charge in [-0.15, -0.1) is 0 Å². The molecule has 0 fully saturated rings. The molecule has 0 saturated heterocycles. The summed E-state index contributed by atoms with van der Waals surface area (Å²) in [7, 11) is 0. The predicted octanol–water partition coefficient (Wildman–Crippen LogP) is 4.41. The van der Waals surface area contributed by atoms with Crippen LogP contribution in [0.2, 0.25) is 0 Å². The maximum atomic E-state index is 12.3. The summed E-state index contributed by atoms with van der Waals surface area (Å²) in [6.45, 7) is 0. The third-order valence-corrected chi connectivity index (χ3v) is 4.16. The molecule has 1 aromatic rings. The maximum Gasteiger partial charge on any atom is 0.418 e. The zero-order valence-corrected chi connectivity index (χ0v) is 10.5. The van der Waals surface area contributed by atoms with Crippen LogP contribution in [0.15, 0.2) is 10.7 Å². The lowest BCUT2D eigenvalue weighted by Gasteiger charge is -2.11. The van der Waals surface area contributed by atoms with Crippen molar-refractivity contribution >= 4 is 38.5 Å². The number of hydrogen-bond acceptors (Lipinski definition) is 1. The Hall–Kier alpha value is 0.01000. The quantitative estimate of drug-likeness (QED) is 0.502. The van der Waals surface area contributed by atoms with Crippen molar-refractivity contribution in [1.29, 1.82) is 0 Å². The van der Waals surface area contributed by atoms with Crippen molar-refractivity contribution in [3.63, 3.8) is 0 Å². The van der Waals surface area contributed by atoms with Crippen molar-refractivity contribution in [3.05, 3.63) is 25.5 Å². The summed E-state index contributed by atoms with van der Waals surface area (Å²) in [5.41, 5.74) is -1.72. The van der Waals surface area contributed by atoms with Crippen LogP contribution in [0.4, 0.5) is 22.0 Å². The highest BCUT2D eigenvalue weighted by Gasteiger charge is 2.35. The van der Waals surface area contributed by atoms with Gasteiger partial charge in [0.1, 0.15) is 5.69 Å². The minimum absolute atomic E-state index is 0.312. The first-order valence-corrected chi connectivity index (χ1v) is 5.31. The molecule has 1 nitrogen and oxygen atoms in total. The Kier molecular flexibility index (Phi) is 3.90. The van der Waals surface area contributed by atoms with E-state index in [4.69, 9.17) is 0 Å². The summed E-state index contributed by atoms with van der Waals surface area (Å²) in [6.07, 6.45) is -7.09. The Labute approximate surface area is 103 Å². The molecule has 84 valence electrons. The van der Waals surface area contributed by atoms with Crippen molar-refractivity contribution in [3.8, 4) is 0 Å². The summed E-state index contributed by atoms with van der Waals surface area (Å²) in [5, 5.41) is 0. The van der Waals surface area contributed by atoms with Gasteiger partial charge in [0.05, 0.1) is 10.0 Å². The van der Waals surface area contributed by atoms with Crippen molar-refractivity contribution in [2.75, 3.05) is 0 Å². The average molecular weight is 402 g/mol. The third-order valence-electron chi connectivity index (χ3n) is 1.50. The molecule has 0 radical (unpaired) electrons. The van der Waals surface area contributed by atoms with Crippen molar-refractivity contribution in [2.24, 2.45) is 0 Å². The first-order chi connectivity index (χ1) is 6.75. The number of alkyl halides is 5. The number of pyridine rings is 1. The van der Waals surface area contributed by atoms with Crippen LogP contribution >= 0.6 is 38.5 Å². The maximum absolute atomic E-state index is 12.3. The van der Waals surface area contributed by atoms with E-state index in [1.807, 2.05) is 0 Å². The third kappa shape index (κ3) is 2.77. The molecule has 0 unspecified atom stereocenters. The van der Waals surface area contributed by atoms with E-state index in [1.165, 1.54) is 22.6 Å². The topological polar surface area (TPSA) is 12.9 Å². The normalized spacial score (nSPS) is 12.3. The summed E-state index contributed by atoms with van der Waals surface area (Å²) in [6, 6.07) is 0. The molecule has 0 aromatic carbocycles. The number of halogens is 7. The smallest absolute Gasteiger partial charge is 0.253 e. The van der Waals surface area contributed by atoms with Crippen LogP contribution in [0.5, 0.6) is 0 Å². The molecule has 0 aliphatic carbocycles. The lowest BCUT2D eigenvalue weighted by atomic mass is 10.2. The fraction of sp³-hybridized carbons (Fsp3) is 0.286. The van der Waals surface area contributed by atoms with Crippen LogP contribution in [0.3, 0.4) is 0 Å². The Bertz CT molecular complexity index is 378. The molecule has 0 saturated carbocycles. The summed E-state index contributed by atoms with van der Waals surface area (Å²) < 4.78 is 60.8. The van der Waals surface area contributed by atoms with Gasteiger partial charge >= 0.3 is 6.18 Å². The predicted molar refractivity (Wildman–Crippen MR) is 54.6 cm³/mol. The van der Waals surface area contributed by atoms with Crippen molar-refractivity contribution in [2.45, 2.75) is 12.6 Å². The van der Waals surface area contributed by atoms with Gasteiger partial charge in [-0.25, -0.2) is 8.78 Å². The Morgan fingerprint density at radius 3 is 2.27 bits per heavy atom. The van der Waals surface area contributed by atoms with Gasteiger partial charge in [-0.2, -0.15) is 13.2 Å². The van der Waals surface area contributed by atoms with Gasteiger partial charge in [-0.1, -0.05) is 0 Å². The standard InChI is InChI=1S/C7H2BrF5IN/c8-3-4(14)2(7(11,12)13)1-15-5(3)6(9)10/h1,6H. The molecule has 0 aliphatic rings. The molecule has 0 spiro atoms. The molecule has 0 aliphatic heterocycles. The second-order valence-electron chi connectivity index (χ2n) is 2.48. The fourth-order valence-corrected chi connectivity index (χ4v) is 2.04. The fourth-order valence-electron chi connectivity index (χ4n) is 0.828. The van der Waals surface area contributed by atoms with E-state index >= 15 is 0 Å². The minimum atomic E-state index is -4.59. The van der Waals surface area contributed by atoms with Crippen LogP contribution in [0.1, 0.15) is 17.7 Å². The van der Waals surface area contributed by atoms with Crippen LogP contribution in [0.25, 0.3) is 0 Å². The minimum Gasteiger partial charge on any atom is -0.253 e. The van der Waals surface area contributed by atoms with Crippen molar-refractivity contribution in [1.82, 2.24) is 4.98 Å². The molecule has 0 amide bonds. The number of aromatic nitrogens is 1. The summed E-state index contributed by atoms with van der Waals surface area (Å²) in [5.74, 6) is 0. The van der Waals surface area contributed by atoms with E-state index < -0.39 is 23.9 Å². The van der Waals surface area contributed by atoms with Crippen LogP contribution in [-0.2, 0) is 6.18 Å². The van der Waals surface area contributed by atoms with Gasteiger partial charge in [0.15, 0.2) is 0 Å². The van der Waals surface area contributed by atoms with E-state index in [0.717, 1.165) is 0 Å². The van der Waals surface area contributed by atoms with Gasteiger partial charge < -0.3 is 0 Å². The molecule has 8 heteroatoms. The van der Waals surface area contributed by atoms with Gasteiger partial charge in [0.2, 0.25) is 0 Å². The number of rotatable bonds is 1. The van der Waals surface area contributed by atoms with E-state index in [9.17, 15) is 22.0 Å². The van der Waals surface area contributed by atoms with Crippen molar-refractivity contribution < 1.29 is 22.0 Å². The number of hydrogen-bond donors (Lipinski definition) is 0. The van der Waals surface area contributed by atoms with E-state index in [-0.39, 0.29) is 8.04 Å². The second kappa shape index (κ2) is 4.48. The van der Waals surface area contributed by atoms with Gasteiger partial charge in [-0.05, 0) is 38.5 Å². The SMILES string of the molecule is FC(F)c1ncc(C(F)(F)F)c(I)c1Br. The first kappa shape index (κ1) is 13.1. The zero-order valence-electron chi connectivity index (χ0n) is 6.75. The molecule has 0 N–H and O–H groups in total. The average Bonchev–Trinajstić information content (AvgIpc) is 2.06. The van der Waals surface area contributed by atoms with E-state index in [0.29, 0.717) is 6.20 Å². The highest BCUT2D eigenvalue weighted by atomic mass is 127. The monoisotopic (exact) mass is 401 g/mol. The van der Waals surface area contributed by atoms with Gasteiger partial charge in [-0.3, -0.25) is 4.98 Å². The molecule has 1 aromatic heterocycles. The van der Waals surface area contributed by atoms with Gasteiger partial charge in [0, 0.05) is 9.77 Å². The lowest BCUT2D eigenvalue weighted by molar-refractivity contribution is -0.138. The highest BCUT2D eigenvalue weighted by molar-refractivity contribution is 14.1. The van der Waals surface area contributed by atoms with Gasteiger partial charge in [0.25, 0.3) is 6.43 Å². The molecular weight excluding hydrogens is 400 g/mol. The summed E-state index contributed by atoms with van der Waals surface area (Å²) in [4.78, 5) is 3.08. The molecule has 0 bridgehead atoms.